The monoisotopic (exact) mass is 287 g/mol. The Labute approximate surface area is 123 Å². The SMILES string of the molecule is [N-]=[N+]=CC(=O)N1CCC[C@H]1/C=C/CSc1ccccc1. The zero-order chi connectivity index (χ0) is 14.2. The van der Waals surface area contributed by atoms with E-state index < -0.39 is 0 Å². The average molecular weight is 287 g/mol. The second kappa shape index (κ2) is 7.68. The van der Waals surface area contributed by atoms with Crippen LogP contribution in [0, 0.1) is 0 Å². The summed E-state index contributed by atoms with van der Waals surface area (Å²) in [6.45, 7) is 0.728. The molecule has 1 amide bonds. The fourth-order valence-corrected chi connectivity index (χ4v) is 3.01. The quantitative estimate of drug-likeness (QED) is 0.275. The number of amides is 1. The van der Waals surface area contributed by atoms with Gasteiger partial charge < -0.3 is 10.4 Å². The number of carbonyl (C=O) groups excluding carboxylic acids is 1. The zero-order valence-corrected chi connectivity index (χ0v) is 12.0. The Bertz CT molecular complexity index is 523. The maximum atomic E-state index is 11.7. The minimum atomic E-state index is -0.227. The number of nitrogens with zero attached hydrogens (tertiary/aromatic N) is 3. The van der Waals surface area contributed by atoms with Gasteiger partial charge in [0.05, 0.1) is 6.04 Å². The van der Waals surface area contributed by atoms with E-state index in [9.17, 15) is 4.79 Å². The first kappa shape index (κ1) is 14.6. The van der Waals surface area contributed by atoms with E-state index >= 15 is 0 Å². The van der Waals surface area contributed by atoms with Gasteiger partial charge in [-0.25, -0.2) is 0 Å². The lowest BCUT2D eigenvalue weighted by molar-refractivity contribution is -0.127. The predicted molar refractivity (Wildman–Crippen MR) is 80.7 cm³/mol. The summed E-state index contributed by atoms with van der Waals surface area (Å²) in [5, 5.41) is 0. The zero-order valence-electron chi connectivity index (χ0n) is 11.2. The predicted octanol–water partition coefficient (Wildman–Crippen LogP) is 2.63. The maximum Gasteiger partial charge on any atom is 0.344 e. The van der Waals surface area contributed by atoms with E-state index in [0.29, 0.717) is 0 Å². The molecule has 1 heterocycles. The molecule has 1 aromatic rings. The van der Waals surface area contributed by atoms with Gasteiger partial charge >= 0.3 is 12.1 Å². The normalized spacial score (nSPS) is 18.2. The molecule has 0 saturated carbocycles. The second-order valence-corrected chi connectivity index (χ2v) is 5.63. The van der Waals surface area contributed by atoms with Gasteiger partial charge in [0.2, 0.25) is 0 Å². The van der Waals surface area contributed by atoms with E-state index in [0.717, 1.165) is 31.4 Å². The van der Waals surface area contributed by atoms with Crippen molar-refractivity contribution in [3.05, 3.63) is 48.0 Å². The van der Waals surface area contributed by atoms with Crippen LogP contribution in [0.2, 0.25) is 0 Å². The van der Waals surface area contributed by atoms with Crippen molar-refractivity contribution in [1.82, 2.24) is 4.90 Å². The van der Waals surface area contributed by atoms with Crippen LogP contribution >= 0.6 is 11.8 Å². The average Bonchev–Trinajstić information content (AvgIpc) is 2.93. The molecule has 1 fully saturated rings. The van der Waals surface area contributed by atoms with E-state index in [1.165, 1.54) is 4.90 Å². The molecule has 0 spiro atoms. The summed E-state index contributed by atoms with van der Waals surface area (Å²) in [6.07, 6.45) is 7.10. The van der Waals surface area contributed by atoms with Crippen molar-refractivity contribution >= 4 is 23.9 Å². The van der Waals surface area contributed by atoms with Crippen LogP contribution < -0.4 is 0 Å². The minimum absolute atomic E-state index is 0.122. The molecule has 2 rings (SSSR count). The molecular formula is C15H17N3OS. The molecule has 104 valence electrons. The largest absolute Gasteiger partial charge is 0.361 e. The third-order valence-electron chi connectivity index (χ3n) is 3.20. The molecule has 1 aliphatic heterocycles. The minimum Gasteiger partial charge on any atom is -0.361 e. The fourth-order valence-electron chi connectivity index (χ4n) is 2.26. The Hall–Kier alpha value is -1.84. The second-order valence-electron chi connectivity index (χ2n) is 4.54. The highest BCUT2D eigenvalue weighted by molar-refractivity contribution is 7.99. The molecule has 1 saturated heterocycles. The summed E-state index contributed by atoms with van der Waals surface area (Å²) in [7, 11) is 0. The van der Waals surface area contributed by atoms with E-state index in [-0.39, 0.29) is 11.9 Å². The molecule has 0 radical (unpaired) electrons. The molecule has 1 aliphatic rings. The first-order valence-electron chi connectivity index (χ1n) is 6.64. The van der Waals surface area contributed by atoms with E-state index in [4.69, 9.17) is 5.53 Å². The number of hydrogen-bond donors (Lipinski definition) is 0. The Balaban J connectivity index is 1.84. The van der Waals surface area contributed by atoms with Crippen molar-refractivity contribution in [2.24, 2.45) is 0 Å². The molecule has 1 atom stereocenters. The van der Waals surface area contributed by atoms with Crippen LogP contribution in [0.5, 0.6) is 0 Å². The Morgan fingerprint density at radius 3 is 3.00 bits per heavy atom. The van der Waals surface area contributed by atoms with E-state index in [1.54, 1.807) is 16.7 Å². The van der Waals surface area contributed by atoms with Crippen molar-refractivity contribution in [1.29, 1.82) is 0 Å². The Morgan fingerprint density at radius 2 is 2.25 bits per heavy atom. The summed E-state index contributed by atoms with van der Waals surface area (Å²) in [6, 6.07) is 10.3. The van der Waals surface area contributed by atoms with Gasteiger partial charge in [0, 0.05) is 17.2 Å². The molecule has 4 nitrogen and oxygen atoms in total. The van der Waals surface area contributed by atoms with Crippen LogP contribution in [0.25, 0.3) is 5.53 Å². The number of carbonyl (C=O) groups is 1. The van der Waals surface area contributed by atoms with Crippen molar-refractivity contribution in [2.45, 2.75) is 23.8 Å². The van der Waals surface area contributed by atoms with Crippen LogP contribution in [0.3, 0.4) is 0 Å². The van der Waals surface area contributed by atoms with E-state index in [1.807, 2.05) is 18.2 Å². The number of rotatable bonds is 5. The van der Waals surface area contributed by atoms with Crippen LogP contribution in [0.4, 0.5) is 0 Å². The summed E-state index contributed by atoms with van der Waals surface area (Å²) in [5.41, 5.74) is 8.42. The lowest BCUT2D eigenvalue weighted by Crippen LogP contribution is -2.35. The first-order valence-corrected chi connectivity index (χ1v) is 7.62. The van der Waals surface area contributed by atoms with Crippen LogP contribution in [-0.2, 0) is 4.79 Å². The van der Waals surface area contributed by atoms with Gasteiger partial charge in [-0.15, -0.1) is 11.8 Å². The highest BCUT2D eigenvalue weighted by atomic mass is 32.2. The molecule has 5 heteroatoms. The molecule has 1 aromatic carbocycles. The Morgan fingerprint density at radius 1 is 1.45 bits per heavy atom. The van der Waals surface area contributed by atoms with Gasteiger partial charge in [-0.05, 0) is 25.0 Å². The lowest BCUT2D eigenvalue weighted by atomic mass is 10.2. The highest BCUT2D eigenvalue weighted by Gasteiger charge is 2.27. The third kappa shape index (κ3) is 4.08. The third-order valence-corrected chi connectivity index (χ3v) is 4.16. The van der Waals surface area contributed by atoms with Gasteiger partial charge in [-0.3, -0.25) is 4.79 Å². The van der Waals surface area contributed by atoms with Gasteiger partial charge in [0.25, 0.3) is 0 Å². The molecular weight excluding hydrogens is 270 g/mol. The smallest absolute Gasteiger partial charge is 0.344 e. The van der Waals surface area contributed by atoms with Crippen molar-refractivity contribution in [2.75, 3.05) is 12.3 Å². The number of likely N-dealkylation sites (tertiary alicyclic amines) is 1. The van der Waals surface area contributed by atoms with Crippen molar-refractivity contribution in [3.63, 3.8) is 0 Å². The summed E-state index contributed by atoms with van der Waals surface area (Å²) in [5.74, 6) is 0.659. The molecule has 0 aliphatic carbocycles. The summed E-state index contributed by atoms with van der Waals surface area (Å²) < 4.78 is 0. The number of benzene rings is 1. The number of thioether (sulfide) groups is 1. The van der Waals surface area contributed by atoms with Crippen LogP contribution in [0.15, 0.2) is 47.4 Å². The number of hydrogen-bond acceptors (Lipinski definition) is 2. The van der Waals surface area contributed by atoms with Gasteiger partial charge in [0.15, 0.2) is 0 Å². The van der Waals surface area contributed by atoms with Gasteiger partial charge in [-0.1, -0.05) is 30.4 Å². The Kier molecular flexibility index (Phi) is 5.59. The summed E-state index contributed by atoms with van der Waals surface area (Å²) >= 11 is 1.77. The fraction of sp³-hybridized carbons (Fsp3) is 0.333. The first-order chi connectivity index (χ1) is 9.81. The topological polar surface area (TPSA) is 56.7 Å². The van der Waals surface area contributed by atoms with Crippen molar-refractivity contribution < 1.29 is 9.58 Å². The molecule has 0 aromatic heterocycles. The summed E-state index contributed by atoms with van der Waals surface area (Å²) in [4.78, 5) is 17.5. The molecule has 0 unspecified atom stereocenters. The highest BCUT2D eigenvalue weighted by Crippen LogP contribution is 2.20. The van der Waals surface area contributed by atoms with Crippen LogP contribution in [0.1, 0.15) is 12.8 Å². The molecule has 20 heavy (non-hydrogen) atoms. The van der Waals surface area contributed by atoms with Crippen LogP contribution in [-0.4, -0.2) is 40.2 Å². The van der Waals surface area contributed by atoms with Crippen molar-refractivity contribution in [3.8, 4) is 0 Å². The van der Waals surface area contributed by atoms with Gasteiger partial charge in [0.1, 0.15) is 0 Å². The maximum absolute atomic E-state index is 11.7. The van der Waals surface area contributed by atoms with E-state index in [2.05, 4.69) is 29.1 Å². The molecule has 0 bridgehead atoms. The molecule has 0 N–H and O–H groups in total. The van der Waals surface area contributed by atoms with Gasteiger partial charge in [-0.2, -0.15) is 4.79 Å². The standard InChI is InChI=1S/C15H17N3OS/c16-17-12-15(19)18-10-4-6-13(18)7-5-11-20-14-8-2-1-3-9-14/h1-3,5,7-9,12-13H,4,6,10-11H2/b7-5+/t13-/m0/s1. The lowest BCUT2D eigenvalue weighted by Gasteiger charge is -2.18.